The number of hydrogen-bond acceptors (Lipinski definition) is 2. The monoisotopic (exact) mass is 208 g/mol. The first kappa shape index (κ1) is 10.1. The van der Waals surface area contributed by atoms with Crippen LogP contribution in [-0.2, 0) is 0 Å². The zero-order valence-electron chi connectivity index (χ0n) is 10.00. The van der Waals surface area contributed by atoms with Crippen molar-refractivity contribution in [2.75, 3.05) is 13.1 Å². The van der Waals surface area contributed by atoms with Crippen LogP contribution in [-0.4, -0.2) is 25.2 Å². The van der Waals surface area contributed by atoms with Crippen molar-refractivity contribution in [3.63, 3.8) is 0 Å². The van der Waals surface area contributed by atoms with Crippen molar-refractivity contribution >= 4 is 0 Å². The summed E-state index contributed by atoms with van der Waals surface area (Å²) < 4.78 is 0. The van der Waals surface area contributed by atoms with Gasteiger partial charge in [0, 0.05) is 12.1 Å². The average Bonchev–Trinajstić information content (AvgIpc) is 2.50. The first-order chi connectivity index (χ1) is 7.29. The van der Waals surface area contributed by atoms with Crippen molar-refractivity contribution in [2.45, 2.75) is 45.2 Å². The quantitative estimate of drug-likeness (QED) is 0.736. The second kappa shape index (κ2) is 3.74. The van der Waals surface area contributed by atoms with E-state index in [-0.39, 0.29) is 0 Å². The molecular weight excluding hydrogens is 184 g/mol. The van der Waals surface area contributed by atoms with E-state index in [2.05, 4.69) is 24.5 Å². The first-order valence-electron chi connectivity index (χ1n) is 6.76. The van der Waals surface area contributed by atoms with Crippen LogP contribution in [0.5, 0.6) is 0 Å². The van der Waals surface area contributed by atoms with Gasteiger partial charge >= 0.3 is 0 Å². The van der Waals surface area contributed by atoms with Crippen LogP contribution in [0.2, 0.25) is 0 Å². The Hall–Kier alpha value is -0.0800. The maximum Gasteiger partial charge on any atom is 0.0124 e. The molecule has 2 aliphatic heterocycles. The Morgan fingerprint density at radius 2 is 1.93 bits per heavy atom. The van der Waals surface area contributed by atoms with Crippen LogP contribution in [0.3, 0.4) is 0 Å². The second-order valence-corrected chi connectivity index (χ2v) is 5.99. The molecule has 1 saturated carbocycles. The van der Waals surface area contributed by atoms with E-state index in [1.807, 2.05) is 0 Å². The summed E-state index contributed by atoms with van der Waals surface area (Å²) in [5.41, 5.74) is 0. The molecule has 3 aliphatic rings. The maximum atomic E-state index is 3.72. The lowest BCUT2D eigenvalue weighted by molar-refractivity contribution is 0.106. The van der Waals surface area contributed by atoms with Gasteiger partial charge in [-0.05, 0) is 56.0 Å². The summed E-state index contributed by atoms with van der Waals surface area (Å²) in [4.78, 5) is 0. The maximum absolute atomic E-state index is 3.72. The van der Waals surface area contributed by atoms with Gasteiger partial charge in [0.15, 0.2) is 0 Å². The van der Waals surface area contributed by atoms with E-state index in [1.54, 1.807) is 0 Å². The molecule has 0 radical (unpaired) electrons. The van der Waals surface area contributed by atoms with Crippen molar-refractivity contribution in [3.05, 3.63) is 0 Å². The smallest absolute Gasteiger partial charge is 0.0124 e. The summed E-state index contributed by atoms with van der Waals surface area (Å²) in [6.07, 6.45) is 4.28. The highest BCUT2D eigenvalue weighted by molar-refractivity contribution is 5.03. The zero-order chi connectivity index (χ0) is 10.4. The minimum atomic E-state index is 0.835. The number of nitrogens with one attached hydrogen (secondary N) is 2. The van der Waals surface area contributed by atoms with Gasteiger partial charge < -0.3 is 10.6 Å². The molecule has 0 spiro atoms. The molecule has 1 aliphatic carbocycles. The molecule has 3 rings (SSSR count). The van der Waals surface area contributed by atoms with Crippen molar-refractivity contribution < 1.29 is 0 Å². The Morgan fingerprint density at radius 1 is 1.13 bits per heavy atom. The molecule has 2 nitrogen and oxygen atoms in total. The van der Waals surface area contributed by atoms with Crippen molar-refractivity contribution in [1.29, 1.82) is 0 Å². The summed E-state index contributed by atoms with van der Waals surface area (Å²) in [6.45, 7) is 7.29. The van der Waals surface area contributed by atoms with Crippen LogP contribution >= 0.6 is 0 Å². The molecule has 3 fully saturated rings. The van der Waals surface area contributed by atoms with Crippen molar-refractivity contribution in [1.82, 2.24) is 10.6 Å². The molecule has 6 atom stereocenters. The fourth-order valence-electron chi connectivity index (χ4n) is 4.05. The molecule has 86 valence electrons. The van der Waals surface area contributed by atoms with E-state index in [4.69, 9.17) is 0 Å². The number of hydrogen-bond donors (Lipinski definition) is 2. The zero-order valence-corrected chi connectivity index (χ0v) is 10.00. The molecule has 0 aromatic heterocycles. The van der Waals surface area contributed by atoms with Crippen LogP contribution in [0.15, 0.2) is 0 Å². The van der Waals surface area contributed by atoms with E-state index in [9.17, 15) is 0 Å². The predicted octanol–water partition coefficient (Wildman–Crippen LogP) is 1.62. The number of rotatable bonds is 3. The molecule has 0 aromatic carbocycles. The largest absolute Gasteiger partial charge is 0.313 e. The molecule has 2 heterocycles. The Balaban J connectivity index is 1.52. The highest BCUT2D eigenvalue weighted by Crippen LogP contribution is 2.45. The van der Waals surface area contributed by atoms with Gasteiger partial charge in [-0.2, -0.15) is 0 Å². The van der Waals surface area contributed by atoms with E-state index in [0.717, 1.165) is 35.8 Å². The molecule has 0 amide bonds. The molecule has 6 unspecified atom stereocenters. The molecule has 2 N–H and O–H groups in total. The van der Waals surface area contributed by atoms with E-state index < -0.39 is 0 Å². The molecular formula is C13H24N2. The topological polar surface area (TPSA) is 24.1 Å². The SMILES string of the molecule is CCC1NCC1CC1CNC2C(C)CC12. The van der Waals surface area contributed by atoms with E-state index in [1.165, 1.54) is 32.4 Å². The Morgan fingerprint density at radius 3 is 2.47 bits per heavy atom. The lowest BCUT2D eigenvalue weighted by Gasteiger charge is -2.44. The van der Waals surface area contributed by atoms with Crippen LogP contribution in [0, 0.1) is 23.7 Å². The van der Waals surface area contributed by atoms with Gasteiger partial charge in [-0.25, -0.2) is 0 Å². The highest BCUT2D eigenvalue weighted by atomic mass is 15.0. The average molecular weight is 208 g/mol. The first-order valence-corrected chi connectivity index (χ1v) is 6.76. The van der Waals surface area contributed by atoms with Crippen LogP contribution in [0.4, 0.5) is 0 Å². The van der Waals surface area contributed by atoms with Crippen LogP contribution < -0.4 is 10.6 Å². The minimum absolute atomic E-state index is 0.835. The van der Waals surface area contributed by atoms with E-state index in [0.29, 0.717) is 0 Å². The third kappa shape index (κ3) is 1.53. The lowest BCUT2D eigenvalue weighted by atomic mass is 9.65. The fourth-order valence-corrected chi connectivity index (χ4v) is 4.05. The number of fused-ring (bicyclic) bond motifs is 1. The standard InChI is InChI=1S/C13H24N2/c1-3-12-10(7-14-12)5-9-6-15-13-8(2)4-11(9)13/h8-15H,3-7H2,1-2H3. The normalized spacial score (nSPS) is 53.2. The fraction of sp³-hybridized carbons (Fsp3) is 1.00. The van der Waals surface area contributed by atoms with Gasteiger partial charge in [0.1, 0.15) is 0 Å². The summed E-state index contributed by atoms with van der Waals surface area (Å²) >= 11 is 0. The third-order valence-corrected chi connectivity index (χ3v) is 5.20. The lowest BCUT2D eigenvalue weighted by Crippen LogP contribution is -2.53. The van der Waals surface area contributed by atoms with E-state index >= 15 is 0 Å². The minimum Gasteiger partial charge on any atom is -0.313 e. The Kier molecular flexibility index (Phi) is 2.52. The molecule has 2 heteroatoms. The second-order valence-electron chi connectivity index (χ2n) is 5.99. The van der Waals surface area contributed by atoms with Gasteiger partial charge in [0.2, 0.25) is 0 Å². The van der Waals surface area contributed by atoms with Gasteiger partial charge in [0.25, 0.3) is 0 Å². The van der Waals surface area contributed by atoms with Gasteiger partial charge in [-0.1, -0.05) is 13.8 Å². The van der Waals surface area contributed by atoms with Gasteiger partial charge in [-0.3, -0.25) is 0 Å². The van der Waals surface area contributed by atoms with Gasteiger partial charge in [0.05, 0.1) is 0 Å². The van der Waals surface area contributed by atoms with Crippen LogP contribution in [0.1, 0.15) is 33.1 Å². The summed E-state index contributed by atoms with van der Waals surface area (Å²) in [7, 11) is 0. The third-order valence-electron chi connectivity index (χ3n) is 5.20. The summed E-state index contributed by atoms with van der Waals surface area (Å²) in [6, 6.07) is 1.71. The molecule has 2 saturated heterocycles. The van der Waals surface area contributed by atoms with Crippen molar-refractivity contribution in [2.24, 2.45) is 23.7 Å². The molecule has 0 aromatic rings. The molecule has 15 heavy (non-hydrogen) atoms. The Labute approximate surface area is 93.2 Å². The van der Waals surface area contributed by atoms with Gasteiger partial charge in [-0.15, -0.1) is 0 Å². The predicted molar refractivity (Wildman–Crippen MR) is 62.7 cm³/mol. The Bertz CT molecular complexity index is 239. The highest BCUT2D eigenvalue weighted by Gasteiger charge is 2.48. The summed E-state index contributed by atoms with van der Waals surface area (Å²) in [5, 5.41) is 7.27. The van der Waals surface area contributed by atoms with Crippen LogP contribution in [0.25, 0.3) is 0 Å². The molecule has 0 bridgehead atoms. The summed E-state index contributed by atoms with van der Waals surface area (Å²) in [5.74, 6) is 3.95. The van der Waals surface area contributed by atoms with Crippen molar-refractivity contribution in [3.8, 4) is 0 Å².